The third-order valence-corrected chi connectivity index (χ3v) is 0. The van der Waals surface area contributed by atoms with Crippen LogP contribution in [0.2, 0.25) is 0 Å². The molecule has 0 heterocycles. The van der Waals surface area contributed by atoms with E-state index in [0.717, 1.165) is 0 Å². The first-order chi connectivity index (χ1) is 3.46. The summed E-state index contributed by atoms with van der Waals surface area (Å²) >= 11 is 0. The molecule has 0 unspecified atom stereocenters. The van der Waals surface area contributed by atoms with Gasteiger partial charge in [0, 0.05) is 59.1 Å². The Morgan fingerprint density at radius 3 is 0.700 bits per heavy atom. The summed E-state index contributed by atoms with van der Waals surface area (Å²) in [7, 11) is -6.26. The van der Waals surface area contributed by atoms with Gasteiger partial charge in [0.25, 0.3) is 0 Å². The zero-order chi connectivity index (χ0) is 7.15. The standard InChI is InChI=1S/2Na.2H3O3P/c;;2*1-4(2)3/h;;2*4H,(H2,1,2,3). The Labute approximate surface area is 103 Å². The Hall–Kier alpha value is 2.30. The molecule has 0 rings (SSSR count). The molecule has 0 fully saturated rings. The molecule has 0 amide bonds. The van der Waals surface area contributed by atoms with Gasteiger partial charge in [0.1, 0.15) is 0 Å². The van der Waals surface area contributed by atoms with Crippen LogP contribution in [0.5, 0.6) is 0 Å². The molecule has 10 heteroatoms. The summed E-state index contributed by atoms with van der Waals surface area (Å²) in [6.07, 6.45) is 0. The molecule has 0 bridgehead atoms. The van der Waals surface area contributed by atoms with Crippen molar-refractivity contribution in [2.75, 3.05) is 0 Å². The average molecular weight is 210 g/mol. The molecule has 6 nitrogen and oxygen atoms in total. The molecule has 0 aliphatic carbocycles. The van der Waals surface area contributed by atoms with Crippen molar-refractivity contribution in [2.24, 2.45) is 0 Å². The third-order valence-electron chi connectivity index (χ3n) is 0. The first-order valence-electron chi connectivity index (χ1n) is 1.30. The molecule has 10 heavy (non-hydrogen) atoms. The maximum absolute atomic E-state index is 8.74. The van der Waals surface area contributed by atoms with Crippen LogP contribution < -0.4 is 0 Å². The van der Waals surface area contributed by atoms with Gasteiger partial charge in [0.2, 0.25) is 0 Å². The summed E-state index contributed by atoms with van der Waals surface area (Å²) in [6, 6.07) is 0. The summed E-state index contributed by atoms with van der Waals surface area (Å²) in [6.45, 7) is 0. The van der Waals surface area contributed by atoms with Gasteiger partial charge in [-0.1, -0.05) is 0 Å². The molecule has 0 saturated carbocycles. The van der Waals surface area contributed by atoms with Crippen LogP contribution in [-0.4, -0.2) is 78.7 Å². The van der Waals surface area contributed by atoms with Gasteiger partial charge in [-0.3, -0.25) is 9.13 Å². The zero-order valence-electron chi connectivity index (χ0n) is 5.61. The van der Waals surface area contributed by atoms with Crippen LogP contribution in [0.4, 0.5) is 0 Å². The van der Waals surface area contributed by atoms with Crippen molar-refractivity contribution in [3.8, 4) is 0 Å². The van der Waals surface area contributed by atoms with Crippen LogP contribution in [0, 0.1) is 0 Å². The quantitative estimate of drug-likeness (QED) is 0.270. The predicted octanol–water partition coefficient (Wildman–Crippen LogP) is -2.04. The number of rotatable bonds is 0. The summed E-state index contributed by atoms with van der Waals surface area (Å²) < 4.78 is 17.5. The van der Waals surface area contributed by atoms with Crippen LogP contribution in [0.15, 0.2) is 0 Å². The fraction of sp³-hybridized carbons (Fsp3) is 0. The molecule has 0 aliphatic rings. The van der Waals surface area contributed by atoms with Crippen LogP contribution in [0.3, 0.4) is 0 Å². The SMILES string of the molecule is O=[PH](O)O.O=[PH](O)O.[Na].[Na]. The summed E-state index contributed by atoms with van der Waals surface area (Å²) in [5.41, 5.74) is 0. The van der Waals surface area contributed by atoms with Crippen molar-refractivity contribution in [1.29, 1.82) is 0 Å². The van der Waals surface area contributed by atoms with Crippen molar-refractivity contribution in [3.63, 3.8) is 0 Å². The minimum atomic E-state index is -3.13. The van der Waals surface area contributed by atoms with E-state index in [0.29, 0.717) is 0 Å². The first kappa shape index (κ1) is 22.8. The summed E-state index contributed by atoms with van der Waals surface area (Å²) in [4.78, 5) is 28.6. The zero-order valence-corrected chi connectivity index (χ0v) is 11.6. The van der Waals surface area contributed by atoms with Gasteiger partial charge in [-0.2, -0.15) is 0 Å². The molecule has 2 radical (unpaired) electrons. The number of hydrogen-bond acceptors (Lipinski definition) is 2. The molecule has 0 aromatic rings. The molecule has 0 aliphatic heterocycles. The average Bonchev–Trinajstić information content (AvgIpc) is 1.25. The Morgan fingerprint density at radius 2 is 0.700 bits per heavy atom. The minimum absolute atomic E-state index is 0. The molecular formula is H6Na2O6P2. The molecule has 4 N–H and O–H groups in total. The van der Waals surface area contributed by atoms with E-state index in [1.54, 1.807) is 0 Å². The van der Waals surface area contributed by atoms with Gasteiger partial charge in [0.05, 0.1) is 0 Å². The Bertz CT molecular complexity index is 71.7. The van der Waals surface area contributed by atoms with E-state index in [-0.39, 0.29) is 59.1 Å². The Morgan fingerprint density at radius 1 is 0.700 bits per heavy atom. The van der Waals surface area contributed by atoms with Gasteiger partial charge >= 0.3 is 16.5 Å². The van der Waals surface area contributed by atoms with E-state index in [2.05, 4.69) is 0 Å². The van der Waals surface area contributed by atoms with E-state index >= 15 is 0 Å². The van der Waals surface area contributed by atoms with Crippen LogP contribution in [0.25, 0.3) is 0 Å². The molecular weight excluding hydrogens is 204 g/mol. The van der Waals surface area contributed by atoms with Gasteiger partial charge in [-0.15, -0.1) is 0 Å². The van der Waals surface area contributed by atoms with Crippen molar-refractivity contribution in [2.45, 2.75) is 0 Å². The summed E-state index contributed by atoms with van der Waals surface area (Å²) in [5, 5.41) is 0. The molecule has 0 atom stereocenters. The van der Waals surface area contributed by atoms with Crippen LogP contribution in [-0.2, 0) is 9.13 Å². The Kier molecular flexibility index (Phi) is 39.7. The third kappa shape index (κ3) is 168. The largest absolute Gasteiger partial charge is 0.326 e. The van der Waals surface area contributed by atoms with Crippen LogP contribution in [0.1, 0.15) is 0 Å². The topological polar surface area (TPSA) is 115 Å². The van der Waals surface area contributed by atoms with Gasteiger partial charge in [-0.25, -0.2) is 0 Å². The normalized spacial score (nSPS) is 7.00. The predicted molar refractivity (Wildman–Crippen MR) is 38.4 cm³/mol. The Balaban J connectivity index is -0.0000000300. The molecule has 0 aromatic carbocycles. The van der Waals surface area contributed by atoms with E-state index in [1.165, 1.54) is 0 Å². The van der Waals surface area contributed by atoms with Crippen molar-refractivity contribution >= 4 is 75.6 Å². The fourth-order valence-electron chi connectivity index (χ4n) is 0. The monoisotopic (exact) mass is 210 g/mol. The number of hydrogen-bond donors (Lipinski definition) is 4. The van der Waals surface area contributed by atoms with Gasteiger partial charge in [-0.05, 0) is 0 Å². The van der Waals surface area contributed by atoms with E-state index in [1.807, 2.05) is 0 Å². The molecule has 0 spiro atoms. The van der Waals surface area contributed by atoms with Crippen LogP contribution >= 0.6 is 16.5 Å². The first-order valence-corrected chi connectivity index (χ1v) is 3.91. The minimum Gasteiger partial charge on any atom is -0.326 e. The maximum atomic E-state index is 8.74. The summed E-state index contributed by atoms with van der Waals surface area (Å²) in [5.74, 6) is 0. The van der Waals surface area contributed by atoms with Crippen molar-refractivity contribution in [3.05, 3.63) is 0 Å². The van der Waals surface area contributed by atoms with E-state index < -0.39 is 16.5 Å². The van der Waals surface area contributed by atoms with Gasteiger partial charge in [0.15, 0.2) is 0 Å². The molecule has 0 aromatic heterocycles. The second kappa shape index (κ2) is 17.4. The van der Waals surface area contributed by atoms with E-state index in [9.17, 15) is 0 Å². The van der Waals surface area contributed by atoms with Crippen molar-refractivity contribution in [1.82, 2.24) is 0 Å². The fourth-order valence-corrected chi connectivity index (χ4v) is 0. The molecule has 0 saturated heterocycles. The van der Waals surface area contributed by atoms with Crippen molar-refractivity contribution < 1.29 is 28.7 Å². The van der Waals surface area contributed by atoms with E-state index in [4.69, 9.17) is 28.7 Å². The smallest absolute Gasteiger partial charge is 0.314 e. The van der Waals surface area contributed by atoms with Gasteiger partial charge < -0.3 is 19.6 Å². The second-order valence-electron chi connectivity index (χ2n) is 0.565. The molecule has 54 valence electrons. The maximum Gasteiger partial charge on any atom is 0.314 e. The second-order valence-corrected chi connectivity index (χ2v) is 1.70.